The lowest BCUT2D eigenvalue weighted by atomic mass is 9.35. The maximum Gasteiger partial charge on any atom is 0.242 e. The first-order valence-electron chi connectivity index (χ1n) is 19.6. The Labute approximate surface area is 336 Å². The first-order chi connectivity index (χ1) is 28.3. The van der Waals surface area contributed by atoms with Gasteiger partial charge >= 0.3 is 0 Å². The summed E-state index contributed by atoms with van der Waals surface area (Å²) < 4.78 is 0. The quantitative estimate of drug-likeness (QED) is 0.122. The lowest BCUT2D eigenvalue weighted by Crippen LogP contribution is -2.53. The van der Waals surface area contributed by atoms with Gasteiger partial charge in [-0.1, -0.05) is 204 Å². The van der Waals surface area contributed by atoms with Crippen LogP contribution in [0.15, 0.2) is 249 Å². The van der Waals surface area contributed by atoms with Gasteiger partial charge in [-0.25, -0.2) is 0 Å². The van der Waals surface area contributed by atoms with Crippen molar-refractivity contribution < 1.29 is 0 Å². The maximum absolute atomic E-state index is 2.37. The summed E-state index contributed by atoms with van der Waals surface area (Å²) in [5.74, 6) is 0. The molecule has 9 aromatic carbocycles. The summed E-state index contributed by atoms with van der Waals surface area (Å²) in [7, 11) is 0. The Kier molecular flexibility index (Phi) is 10.3. The Balaban J connectivity index is 1.26. The summed E-state index contributed by atoms with van der Waals surface area (Å²) in [6, 6.07) is 89.2. The highest BCUT2D eigenvalue weighted by Crippen LogP contribution is 2.42. The molecular weight excluding hydrogens is 687 g/mol. The number of rotatable bonds is 11. The van der Waals surface area contributed by atoms with Gasteiger partial charge in [-0.3, -0.25) is 0 Å². The molecule has 0 saturated heterocycles. The molecule has 3 heteroatoms. The molecule has 9 aromatic rings. The van der Waals surface area contributed by atoms with Crippen LogP contribution in [0.25, 0.3) is 22.3 Å². The smallest absolute Gasteiger partial charge is 0.242 e. The van der Waals surface area contributed by atoms with E-state index in [0.717, 1.165) is 34.1 Å². The van der Waals surface area contributed by atoms with Crippen molar-refractivity contribution in [3.05, 3.63) is 249 Å². The molecule has 0 aliphatic rings. The zero-order valence-electron chi connectivity index (χ0n) is 31.6. The third-order valence-corrected chi connectivity index (χ3v) is 10.6. The number of hydrogen-bond donors (Lipinski definition) is 0. The van der Waals surface area contributed by atoms with E-state index in [1.54, 1.807) is 0 Å². The molecule has 0 aliphatic heterocycles. The summed E-state index contributed by atoms with van der Waals surface area (Å²) in [5, 5.41) is 0. The van der Waals surface area contributed by atoms with E-state index in [1.807, 2.05) is 0 Å². The molecule has 0 aliphatic carbocycles. The van der Waals surface area contributed by atoms with Crippen molar-refractivity contribution in [1.29, 1.82) is 0 Å². The number of nitrogens with zero attached hydrogens (tertiary/aromatic N) is 2. The van der Waals surface area contributed by atoms with Crippen molar-refractivity contribution in [3.63, 3.8) is 0 Å². The van der Waals surface area contributed by atoms with Crippen LogP contribution in [0.1, 0.15) is 0 Å². The minimum atomic E-state index is -0.0801. The summed E-state index contributed by atoms with van der Waals surface area (Å²) in [6.07, 6.45) is 0. The minimum absolute atomic E-state index is 0.0801. The average molecular weight is 729 g/mol. The molecule has 0 unspecified atom stereocenters. The third-order valence-electron chi connectivity index (χ3n) is 10.6. The van der Waals surface area contributed by atoms with Gasteiger partial charge < -0.3 is 9.80 Å². The van der Waals surface area contributed by atoms with Gasteiger partial charge in [0.05, 0.1) is 11.4 Å². The molecule has 0 radical (unpaired) electrons. The second-order valence-electron chi connectivity index (χ2n) is 14.1. The van der Waals surface area contributed by atoms with Crippen LogP contribution < -0.4 is 26.2 Å². The predicted octanol–water partition coefficient (Wildman–Crippen LogP) is 12.5. The van der Waals surface area contributed by atoms with E-state index in [2.05, 4.69) is 259 Å². The molecule has 0 aromatic heterocycles. The summed E-state index contributed by atoms with van der Waals surface area (Å²) in [4.78, 5) is 4.74. The molecule has 0 heterocycles. The van der Waals surface area contributed by atoms with Crippen molar-refractivity contribution >= 4 is 57.2 Å². The maximum atomic E-state index is 2.37. The van der Waals surface area contributed by atoms with E-state index in [1.165, 1.54) is 38.6 Å². The second-order valence-corrected chi connectivity index (χ2v) is 14.1. The van der Waals surface area contributed by atoms with Gasteiger partial charge in [0.15, 0.2) is 0 Å². The monoisotopic (exact) mass is 728 g/mol. The minimum Gasteiger partial charge on any atom is -0.310 e. The molecule has 57 heavy (non-hydrogen) atoms. The molecular formula is C54H41BN2. The first kappa shape index (κ1) is 35.4. The Morgan fingerprint density at radius 1 is 0.228 bits per heavy atom. The largest absolute Gasteiger partial charge is 0.310 e. The van der Waals surface area contributed by atoms with Crippen molar-refractivity contribution in [1.82, 2.24) is 0 Å². The fourth-order valence-electron chi connectivity index (χ4n) is 8.12. The van der Waals surface area contributed by atoms with Crippen LogP contribution in [-0.4, -0.2) is 6.71 Å². The second kappa shape index (κ2) is 16.6. The third kappa shape index (κ3) is 7.27. The van der Waals surface area contributed by atoms with Crippen molar-refractivity contribution in [2.24, 2.45) is 0 Å². The number of hydrogen-bond acceptors (Lipinski definition) is 2. The van der Waals surface area contributed by atoms with E-state index in [0.29, 0.717) is 0 Å². The zero-order chi connectivity index (χ0) is 38.2. The van der Waals surface area contributed by atoms with Gasteiger partial charge in [0.25, 0.3) is 0 Å². The first-order valence-corrected chi connectivity index (χ1v) is 19.6. The summed E-state index contributed by atoms with van der Waals surface area (Å²) in [5.41, 5.74) is 15.1. The lowest BCUT2D eigenvalue weighted by molar-refractivity contribution is 1.28. The topological polar surface area (TPSA) is 6.48 Å². The Bertz CT molecular complexity index is 2440. The van der Waals surface area contributed by atoms with Gasteiger partial charge in [-0.2, -0.15) is 0 Å². The molecule has 0 amide bonds. The highest BCUT2D eigenvalue weighted by molar-refractivity contribution is 6.97. The van der Waals surface area contributed by atoms with E-state index in [-0.39, 0.29) is 6.71 Å². The normalized spacial score (nSPS) is 10.8. The molecule has 0 bridgehead atoms. The Hall–Kier alpha value is -7.36. The zero-order valence-corrected chi connectivity index (χ0v) is 31.6. The van der Waals surface area contributed by atoms with E-state index < -0.39 is 0 Å². The van der Waals surface area contributed by atoms with Gasteiger partial charge in [0.2, 0.25) is 6.71 Å². The molecule has 0 saturated carbocycles. The lowest BCUT2D eigenvalue weighted by Gasteiger charge is -2.30. The summed E-state index contributed by atoms with van der Waals surface area (Å²) >= 11 is 0. The van der Waals surface area contributed by atoms with Crippen molar-refractivity contribution in [3.8, 4) is 22.3 Å². The molecule has 0 fully saturated rings. The Morgan fingerprint density at radius 2 is 0.491 bits per heavy atom. The van der Waals surface area contributed by atoms with Crippen LogP contribution in [0.4, 0.5) is 34.1 Å². The molecule has 0 atom stereocenters. The number of benzene rings is 9. The van der Waals surface area contributed by atoms with Gasteiger partial charge in [0, 0.05) is 33.9 Å². The SMILES string of the molecule is c1ccc(B(c2ccccc2-c2ccccc2N(c2ccccc2)c2ccccc2)c2ccccc2-c2ccccc2N(c2ccccc2)c2ccccc2)cc1. The highest BCUT2D eigenvalue weighted by atomic mass is 15.1. The van der Waals surface area contributed by atoms with Crippen LogP contribution in [0.3, 0.4) is 0 Å². The van der Waals surface area contributed by atoms with E-state index >= 15 is 0 Å². The van der Waals surface area contributed by atoms with E-state index in [9.17, 15) is 0 Å². The molecule has 2 nitrogen and oxygen atoms in total. The molecule has 9 rings (SSSR count). The standard InChI is InChI=1S/C54H41BN2/c1-6-24-42(25-7-1)55(51-38-20-16-34-47(51)49-36-18-22-40-53(49)56(43-26-8-2-9-27-43)44-28-10-3-11-29-44)52-39-21-17-35-48(52)50-37-19-23-41-54(50)57(45-30-12-4-13-31-45)46-32-14-5-15-33-46/h1-41H. The highest BCUT2D eigenvalue weighted by Gasteiger charge is 2.29. The molecule has 270 valence electrons. The molecule has 0 N–H and O–H groups in total. The number of para-hydroxylation sites is 6. The van der Waals surface area contributed by atoms with Crippen LogP contribution in [-0.2, 0) is 0 Å². The van der Waals surface area contributed by atoms with Gasteiger partial charge in [-0.05, 0) is 71.8 Å². The van der Waals surface area contributed by atoms with Crippen LogP contribution >= 0.6 is 0 Å². The Morgan fingerprint density at radius 3 is 0.842 bits per heavy atom. The van der Waals surface area contributed by atoms with Crippen LogP contribution in [0.5, 0.6) is 0 Å². The van der Waals surface area contributed by atoms with Crippen LogP contribution in [0.2, 0.25) is 0 Å². The predicted molar refractivity (Wildman–Crippen MR) is 244 cm³/mol. The van der Waals surface area contributed by atoms with E-state index in [4.69, 9.17) is 0 Å². The van der Waals surface area contributed by atoms with Crippen molar-refractivity contribution in [2.45, 2.75) is 0 Å². The summed E-state index contributed by atoms with van der Waals surface area (Å²) in [6.45, 7) is -0.0801. The van der Waals surface area contributed by atoms with Crippen LogP contribution in [0, 0.1) is 0 Å². The number of anilines is 6. The van der Waals surface area contributed by atoms with Crippen molar-refractivity contribution in [2.75, 3.05) is 9.80 Å². The van der Waals surface area contributed by atoms with Gasteiger partial charge in [0.1, 0.15) is 0 Å². The molecule has 0 spiro atoms. The van der Waals surface area contributed by atoms with Gasteiger partial charge in [-0.15, -0.1) is 0 Å². The fourth-order valence-corrected chi connectivity index (χ4v) is 8.12. The fraction of sp³-hybridized carbons (Fsp3) is 0. The average Bonchev–Trinajstić information content (AvgIpc) is 3.29.